The van der Waals surface area contributed by atoms with Crippen LogP contribution in [-0.2, 0) is 15.7 Å². The molecule has 1 aliphatic rings. The second-order valence-electron chi connectivity index (χ2n) is 7.56. The molecule has 11 nitrogen and oxygen atoms in total. The van der Waals surface area contributed by atoms with E-state index in [0.717, 1.165) is 12.0 Å². The molecule has 1 saturated heterocycles. The number of carbonyl (C=O) groups excluding carboxylic acids is 1. The maximum Gasteiger partial charge on any atom is 0.425 e. The number of aliphatic hydroxyl groups is 1. The third-order valence-corrected chi connectivity index (χ3v) is 5.24. The Kier molecular flexibility index (Phi) is 8.61. The van der Waals surface area contributed by atoms with Crippen LogP contribution >= 0.6 is 0 Å². The minimum atomic E-state index is -4.95. The Morgan fingerprint density at radius 2 is 2.00 bits per heavy atom. The Hall–Kier alpha value is -3.70. The van der Waals surface area contributed by atoms with Crippen molar-refractivity contribution in [3.8, 4) is 11.8 Å². The molecule has 3 heterocycles. The van der Waals surface area contributed by atoms with Crippen molar-refractivity contribution in [1.29, 1.82) is 5.26 Å². The van der Waals surface area contributed by atoms with Gasteiger partial charge in [0.15, 0.2) is 11.3 Å². The number of aromatic nitrogens is 3. The van der Waals surface area contributed by atoms with Crippen LogP contribution in [0, 0.1) is 11.3 Å². The second-order valence-corrected chi connectivity index (χ2v) is 7.56. The van der Waals surface area contributed by atoms with Gasteiger partial charge in [0.2, 0.25) is 5.91 Å². The van der Waals surface area contributed by atoms with Crippen molar-refractivity contribution in [2.75, 3.05) is 50.9 Å². The Bertz CT molecular complexity index is 1090. The van der Waals surface area contributed by atoms with Gasteiger partial charge in [-0.3, -0.25) is 9.59 Å². The van der Waals surface area contributed by atoms with E-state index < -0.39 is 42.4 Å². The molecule has 1 aliphatic heterocycles. The number of piperazine rings is 1. The van der Waals surface area contributed by atoms with Crippen LogP contribution < -0.4 is 15.2 Å². The van der Waals surface area contributed by atoms with Gasteiger partial charge in [-0.25, -0.2) is 10.1 Å². The predicted octanol–water partition coefficient (Wildman–Crippen LogP) is 0.551. The number of hydrogen-bond donors (Lipinski definition) is 2. The van der Waals surface area contributed by atoms with Gasteiger partial charge in [-0.1, -0.05) is 0 Å². The number of anilines is 1. The van der Waals surface area contributed by atoms with E-state index in [0.29, 0.717) is 31.7 Å². The molecule has 0 aromatic carbocycles. The van der Waals surface area contributed by atoms with Gasteiger partial charge in [0.25, 0.3) is 5.56 Å². The van der Waals surface area contributed by atoms with Gasteiger partial charge in [0.1, 0.15) is 24.6 Å². The number of halogens is 3. The largest absolute Gasteiger partial charge is 0.488 e. The lowest BCUT2D eigenvalue weighted by atomic mass is 10.2. The van der Waals surface area contributed by atoms with Crippen molar-refractivity contribution in [2.45, 2.75) is 18.7 Å². The Morgan fingerprint density at radius 3 is 2.60 bits per heavy atom. The van der Waals surface area contributed by atoms with E-state index in [9.17, 15) is 27.9 Å². The zero-order chi connectivity index (χ0) is 25.4. The van der Waals surface area contributed by atoms with Crippen LogP contribution in [0.3, 0.4) is 0 Å². The maximum absolute atomic E-state index is 13.1. The number of ether oxygens (including phenoxy) is 2. The summed E-state index contributed by atoms with van der Waals surface area (Å²) in [6, 6.07) is 5.43. The van der Waals surface area contributed by atoms with Crippen LogP contribution in [-0.4, -0.2) is 83.2 Å². The molecule has 1 atom stereocenters. The average molecular weight is 496 g/mol. The highest BCUT2D eigenvalue weighted by molar-refractivity contribution is 5.76. The van der Waals surface area contributed by atoms with Gasteiger partial charge < -0.3 is 24.4 Å². The fourth-order valence-electron chi connectivity index (χ4n) is 3.39. The number of rotatable bonds is 9. The number of aromatic amines is 1. The summed E-state index contributed by atoms with van der Waals surface area (Å²) in [7, 11) is 0. The van der Waals surface area contributed by atoms with Crippen LogP contribution in [0.5, 0.6) is 5.75 Å². The van der Waals surface area contributed by atoms with Gasteiger partial charge in [0, 0.05) is 32.4 Å². The lowest BCUT2D eigenvalue weighted by Gasteiger charge is -2.35. The molecule has 1 amide bonds. The minimum absolute atomic E-state index is 0.00593. The number of nitrogens with one attached hydrogen (secondary N) is 1. The maximum atomic E-state index is 13.1. The summed E-state index contributed by atoms with van der Waals surface area (Å²) in [5.41, 5.74) is -2.52. The normalized spacial score (nSPS) is 14.9. The lowest BCUT2D eigenvalue weighted by Crippen LogP contribution is -2.49. The fourth-order valence-corrected chi connectivity index (χ4v) is 3.39. The highest BCUT2D eigenvalue weighted by Gasteiger charge is 2.38. The van der Waals surface area contributed by atoms with Crippen molar-refractivity contribution in [3.05, 3.63) is 46.0 Å². The summed E-state index contributed by atoms with van der Waals surface area (Å²) in [6.07, 6.45) is -3.75. The number of aliphatic hydroxyl groups excluding tert-OH is 1. The molecule has 0 aliphatic carbocycles. The van der Waals surface area contributed by atoms with E-state index in [2.05, 4.69) is 10.1 Å². The monoisotopic (exact) mass is 496 g/mol. The molecule has 0 saturated carbocycles. The number of nitrogens with zero attached hydrogens (tertiary/aromatic N) is 5. The Balaban J connectivity index is 1.43. The van der Waals surface area contributed by atoms with Crippen molar-refractivity contribution >= 4 is 11.7 Å². The summed E-state index contributed by atoms with van der Waals surface area (Å²) in [4.78, 5) is 31.8. The molecule has 2 N–H and O–H groups in total. The zero-order valence-corrected chi connectivity index (χ0v) is 18.5. The van der Waals surface area contributed by atoms with E-state index in [1.54, 1.807) is 22.1 Å². The third-order valence-electron chi connectivity index (χ3n) is 5.24. The van der Waals surface area contributed by atoms with Crippen LogP contribution in [0.25, 0.3) is 0 Å². The van der Waals surface area contributed by atoms with E-state index in [1.165, 1.54) is 6.20 Å². The zero-order valence-electron chi connectivity index (χ0n) is 18.5. The highest BCUT2D eigenvalue weighted by atomic mass is 19.4. The lowest BCUT2D eigenvalue weighted by molar-refractivity contribution is -0.141. The standard InChI is InChI=1S/C21H23F3N6O5/c22-21(23,24)19-16(11-27-28-20(19)33)35-13-15(12-31)34-8-3-18(32)30-6-4-29(5-7-30)17-2-1-14(9-25)10-26-17/h1-2,10-11,15,31H,3-8,12-13H2,(H,28,33). The number of alkyl halides is 3. The quantitative estimate of drug-likeness (QED) is 0.508. The van der Waals surface area contributed by atoms with Gasteiger partial charge >= 0.3 is 6.18 Å². The third kappa shape index (κ3) is 6.90. The van der Waals surface area contributed by atoms with E-state index >= 15 is 0 Å². The smallest absolute Gasteiger partial charge is 0.425 e. The average Bonchev–Trinajstić information content (AvgIpc) is 2.85. The first kappa shape index (κ1) is 25.9. The second kappa shape index (κ2) is 11.6. The Morgan fingerprint density at radius 1 is 1.26 bits per heavy atom. The van der Waals surface area contributed by atoms with E-state index in [-0.39, 0.29) is 18.9 Å². The van der Waals surface area contributed by atoms with Crippen molar-refractivity contribution < 1.29 is 32.5 Å². The first-order valence-electron chi connectivity index (χ1n) is 10.6. The molecular weight excluding hydrogens is 473 g/mol. The SMILES string of the molecule is N#Cc1ccc(N2CCN(C(=O)CCOC(CO)COc3cn[nH]c(=O)c3C(F)(F)F)CC2)nc1. The summed E-state index contributed by atoms with van der Waals surface area (Å²) in [6.45, 7) is 0.919. The molecule has 1 unspecified atom stereocenters. The molecule has 1 fully saturated rings. The van der Waals surface area contributed by atoms with Gasteiger partial charge in [-0.2, -0.15) is 23.5 Å². The molecule has 35 heavy (non-hydrogen) atoms. The van der Waals surface area contributed by atoms with Crippen LogP contribution in [0.4, 0.5) is 19.0 Å². The number of hydrogen-bond acceptors (Lipinski definition) is 9. The molecule has 14 heteroatoms. The van der Waals surface area contributed by atoms with Gasteiger partial charge in [-0.15, -0.1) is 0 Å². The topological polar surface area (TPSA) is 145 Å². The molecule has 188 valence electrons. The number of carbonyl (C=O) groups is 1. The fraction of sp³-hybridized carbons (Fsp3) is 0.476. The molecule has 2 aromatic heterocycles. The summed E-state index contributed by atoms with van der Waals surface area (Å²) in [5.74, 6) is -0.239. The summed E-state index contributed by atoms with van der Waals surface area (Å²) < 4.78 is 49.6. The molecule has 0 radical (unpaired) electrons. The predicted molar refractivity (Wildman–Crippen MR) is 115 cm³/mol. The van der Waals surface area contributed by atoms with Crippen LogP contribution in [0.2, 0.25) is 0 Å². The molecule has 3 rings (SSSR count). The molecule has 0 spiro atoms. The summed E-state index contributed by atoms with van der Waals surface area (Å²) >= 11 is 0. The molecule has 0 bridgehead atoms. The van der Waals surface area contributed by atoms with E-state index in [1.807, 2.05) is 11.0 Å². The first-order chi connectivity index (χ1) is 16.7. The summed E-state index contributed by atoms with van der Waals surface area (Å²) in [5, 5.41) is 23.3. The number of nitriles is 1. The van der Waals surface area contributed by atoms with Crippen molar-refractivity contribution in [3.63, 3.8) is 0 Å². The van der Waals surface area contributed by atoms with E-state index in [4.69, 9.17) is 14.7 Å². The first-order valence-corrected chi connectivity index (χ1v) is 10.6. The minimum Gasteiger partial charge on any atom is -0.488 e. The van der Waals surface area contributed by atoms with Crippen LogP contribution in [0.15, 0.2) is 29.3 Å². The number of pyridine rings is 1. The van der Waals surface area contributed by atoms with Gasteiger partial charge in [0.05, 0.1) is 31.4 Å². The van der Waals surface area contributed by atoms with Crippen LogP contribution in [0.1, 0.15) is 17.5 Å². The molecular formula is C21H23F3N6O5. The Labute approximate surface area is 197 Å². The number of H-pyrrole nitrogens is 1. The van der Waals surface area contributed by atoms with Crippen molar-refractivity contribution in [2.24, 2.45) is 0 Å². The van der Waals surface area contributed by atoms with Crippen molar-refractivity contribution in [1.82, 2.24) is 20.1 Å². The highest BCUT2D eigenvalue weighted by Crippen LogP contribution is 2.32. The molecule has 2 aromatic rings. The number of amides is 1. The van der Waals surface area contributed by atoms with Gasteiger partial charge in [-0.05, 0) is 12.1 Å².